The van der Waals surface area contributed by atoms with Crippen LogP contribution in [0.3, 0.4) is 0 Å². The summed E-state index contributed by atoms with van der Waals surface area (Å²) in [7, 11) is 0. The van der Waals surface area contributed by atoms with Gasteiger partial charge in [0.25, 0.3) is 0 Å². The zero-order valence-electron chi connectivity index (χ0n) is 35.9. The number of rotatable bonds is 5. The van der Waals surface area contributed by atoms with Crippen molar-refractivity contribution >= 4 is 32.6 Å². The first-order valence-corrected chi connectivity index (χ1v) is 22.7. The average Bonchev–Trinajstić information content (AvgIpc) is 4.01. The fourth-order valence-electron chi connectivity index (χ4n) is 11.5. The van der Waals surface area contributed by atoms with Crippen molar-refractivity contribution in [3.05, 3.63) is 259 Å². The van der Waals surface area contributed by atoms with Crippen LogP contribution in [-0.2, 0) is 5.41 Å². The van der Waals surface area contributed by atoms with Gasteiger partial charge in [-0.05, 0) is 103 Å². The van der Waals surface area contributed by atoms with E-state index in [2.05, 4.69) is 223 Å². The molecule has 0 N–H and O–H groups in total. The number of benzene rings is 10. The SMILES string of the molecule is c1ccc(-c2nc(-c3ccc(-c4cc5ccccc5c5c4-c4ccccc4C54c5ccccc5-c5ccccc54)cc3)cc(-c3ccc(-n4c5ccccc5c5ccccc54)cc3)n2)cc1. The molecule has 2 aliphatic carbocycles. The van der Waals surface area contributed by atoms with Gasteiger partial charge >= 0.3 is 0 Å². The van der Waals surface area contributed by atoms with Gasteiger partial charge in [-0.3, -0.25) is 0 Å². The predicted molar refractivity (Wildman–Crippen MR) is 272 cm³/mol. The van der Waals surface area contributed by atoms with Crippen molar-refractivity contribution in [1.29, 1.82) is 0 Å². The summed E-state index contributed by atoms with van der Waals surface area (Å²) in [4.78, 5) is 10.4. The van der Waals surface area contributed by atoms with Crippen molar-refractivity contribution in [3.63, 3.8) is 0 Å². The quantitative estimate of drug-likeness (QED) is 0.173. The highest BCUT2D eigenvalue weighted by molar-refractivity contribution is 6.10. The molecule has 2 aliphatic rings. The van der Waals surface area contributed by atoms with E-state index in [9.17, 15) is 0 Å². The largest absolute Gasteiger partial charge is 0.309 e. The first-order chi connectivity index (χ1) is 32.7. The first kappa shape index (κ1) is 36.8. The Balaban J connectivity index is 0.914. The van der Waals surface area contributed by atoms with Crippen LogP contribution in [0.1, 0.15) is 22.3 Å². The normalized spacial score (nSPS) is 13.0. The summed E-state index contributed by atoms with van der Waals surface area (Å²) >= 11 is 0. The maximum atomic E-state index is 5.23. The molecule has 0 fully saturated rings. The average molecular weight is 838 g/mol. The molecule has 10 aromatic carbocycles. The minimum absolute atomic E-state index is 0.443. The number of hydrogen-bond acceptors (Lipinski definition) is 2. The topological polar surface area (TPSA) is 30.7 Å². The van der Waals surface area contributed by atoms with Crippen LogP contribution in [0.2, 0.25) is 0 Å². The summed E-state index contributed by atoms with van der Waals surface area (Å²) in [5.74, 6) is 0.699. The minimum Gasteiger partial charge on any atom is -0.309 e. The van der Waals surface area contributed by atoms with E-state index < -0.39 is 5.41 Å². The highest BCUT2D eigenvalue weighted by Gasteiger charge is 2.53. The summed E-state index contributed by atoms with van der Waals surface area (Å²) in [6, 6.07) is 86.2. The summed E-state index contributed by atoms with van der Waals surface area (Å²) in [5.41, 5.74) is 20.9. The Bertz CT molecular complexity index is 3820. The zero-order chi connectivity index (χ0) is 43.3. The van der Waals surface area contributed by atoms with Crippen LogP contribution in [0.25, 0.3) is 106 Å². The highest BCUT2D eigenvalue weighted by Crippen LogP contribution is 2.65. The maximum Gasteiger partial charge on any atom is 0.160 e. The van der Waals surface area contributed by atoms with Crippen molar-refractivity contribution in [2.75, 3.05) is 0 Å². The van der Waals surface area contributed by atoms with Gasteiger partial charge in [-0.1, -0.05) is 200 Å². The van der Waals surface area contributed by atoms with E-state index in [1.807, 2.05) is 18.2 Å². The molecule has 12 aromatic rings. The Labute approximate surface area is 382 Å². The van der Waals surface area contributed by atoms with Crippen LogP contribution < -0.4 is 0 Å². The molecule has 2 heterocycles. The van der Waals surface area contributed by atoms with Gasteiger partial charge in [0, 0.05) is 33.2 Å². The minimum atomic E-state index is -0.443. The lowest BCUT2D eigenvalue weighted by Gasteiger charge is -2.31. The van der Waals surface area contributed by atoms with Crippen LogP contribution in [-0.4, -0.2) is 14.5 Å². The Hall–Kier alpha value is -8.66. The van der Waals surface area contributed by atoms with E-state index in [-0.39, 0.29) is 0 Å². The van der Waals surface area contributed by atoms with Crippen molar-refractivity contribution in [2.24, 2.45) is 0 Å². The van der Waals surface area contributed by atoms with Gasteiger partial charge in [-0.15, -0.1) is 0 Å². The van der Waals surface area contributed by atoms with Crippen LogP contribution in [0.15, 0.2) is 237 Å². The lowest BCUT2D eigenvalue weighted by Crippen LogP contribution is -2.26. The van der Waals surface area contributed by atoms with Crippen LogP contribution in [0.5, 0.6) is 0 Å². The molecule has 3 heteroatoms. The molecular formula is C63H39N3. The smallest absolute Gasteiger partial charge is 0.160 e. The van der Waals surface area contributed by atoms with E-state index in [1.54, 1.807) is 0 Å². The van der Waals surface area contributed by atoms with E-state index in [4.69, 9.17) is 9.97 Å². The molecule has 0 saturated carbocycles. The van der Waals surface area contributed by atoms with E-state index >= 15 is 0 Å². The molecular weight excluding hydrogens is 799 g/mol. The lowest BCUT2D eigenvalue weighted by atomic mass is 9.69. The van der Waals surface area contributed by atoms with Crippen molar-refractivity contribution < 1.29 is 0 Å². The fourth-order valence-corrected chi connectivity index (χ4v) is 11.5. The third kappa shape index (κ3) is 5.20. The monoisotopic (exact) mass is 837 g/mol. The first-order valence-electron chi connectivity index (χ1n) is 22.7. The number of hydrogen-bond donors (Lipinski definition) is 0. The zero-order valence-corrected chi connectivity index (χ0v) is 35.9. The van der Waals surface area contributed by atoms with Gasteiger partial charge in [0.2, 0.25) is 0 Å². The predicted octanol–water partition coefficient (Wildman–Crippen LogP) is 15.7. The van der Waals surface area contributed by atoms with Gasteiger partial charge < -0.3 is 4.57 Å². The summed E-state index contributed by atoms with van der Waals surface area (Å²) in [6.07, 6.45) is 0. The van der Waals surface area contributed by atoms with Crippen LogP contribution in [0, 0.1) is 0 Å². The van der Waals surface area contributed by atoms with Crippen LogP contribution in [0.4, 0.5) is 0 Å². The Kier molecular flexibility index (Phi) is 7.90. The van der Waals surface area contributed by atoms with Gasteiger partial charge in [0.1, 0.15) is 0 Å². The molecule has 0 unspecified atom stereocenters. The molecule has 2 aromatic heterocycles. The summed E-state index contributed by atoms with van der Waals surface area (Å²) < 4.78 is 2.35. The second-order valence-electron chi connectivity index (χ2n) is 17.6. The second kappa shape index (κ2) is 14.2. The van der Waals surface area contributed by atoms with Crippen molar-refractivity contribution in [1.82, 2.24) is 14.5 Å². The third-order valence-corrected chi connectivity index (χ3v) is 14.2. The van der Waals surface area contributed by atoms with Gasteiger partial charge in [-0.25, -0.2) is 9.97 Å². The van der Waals surface area contributed by atoms with Gasteiger partial charge in [0.15, 0.2) is 5.82 Å². The van der Waals surface area contributed by atoms with Crippen molar-refractivity contribution in [2.45, 2.75) is 5.41 Å². The van der Waals surface area contributed by atoms with E-state index in [0.717, 1.165) is 33.8 Å². The summed E-state index contributed by atoms with van der Waals surface area (Å²) in [5, 5.41) is 5.03. The van der Waals surface area contributed by atoms with Gasteiger partial charge in [-0.2, -0.15) is 0 Å². The second-order valence-corrected chi connectivity index (χ2v) is 17.6. The molecule has 0 radical (unpaired) electrons. The molecule has 0 aliphatic heterocycles. The van der Waals surface area contributed by atoms with Gasteiger partial charge in [0.05, 0.1) is 27.8 Å². The number of para-hydroxylation sites is 2. The molecule has 306 valence electrons. The molecule has 0 bridgehead atoms. The highest BCUT2D eigenvalue weighted by atomic mass is 15.0. The third-order valence-electron chi connectivity index (χ3n) is 14.2. The fraction of sp³-hybridized carbons (Fsp3) is 0.0159. The number of fused-ring (bicyclic) bond motifs is 15. The maximum absolute atomic E-state index is 5.23. The van der Waals surface area contributed by atoms with E-state index in [1.165, 1.54) is 88.2 Å². The molecule has 0 atom stereocenters. The Morgan fingerprint density at radius 3 is 1.42 bits per heavy atom. The molecule has 66 heavy (non-hydrogen) atoms. The van der Waals surface area contributed by atoms with Crippen molar-refractivity contribution in [3.8, 4) is 73.0 Å². The molecule has 3 nitrogen and oxygen atoms in total. The molecule has 1 spiro atoms. The molecule has 0 saturated heterocycles. The van der Waals surface area contributed by atoms with Crippen LogP contribution >= 0.6 is 0 Å². The lowest BCUT2D eigenvalue weighted by molar-refractivity contribution is 0.801. The Morgan fingerprint density at radius 1 is 0.333 bits per heavy atom. The summed E-state index contributed by atoms with van der Waals surface area (Å²) in [6.45, 7) is 0. The number of aromatic nitrogens is 3. The molecule has 0 amide bonds. The van der Waals surface area contributed by atoms with E-state index in [0.29, 0.717) is 5.82 Å². The Morgan fingerprint density at radius 2 is 0.803 bits per heavy atom. The standard InChI is InChI=1S/C63H39N3/c1-2-16-43(17-3-1)62-64-56(39-57(65-62)42-34-36-45(37-35-42)66-58-28-14-9-22-49(58)50-23-10-15-29-59(50)66)41-32-30-40(31-33-41)52-38-44-18-4-5-19-46(44)61-60(52)51-24-8-13-27-55(51)63(61)53-25-11-6-20-47(53)48-21-7-12-26-54(48)63/h1-39H. The number of nitrogens with zero attached hydrogens (tertiary/aromatic N) is 3. The molecule has 14 rings (SSSR count).